The second kappa shape index (κ2) is 12.5. The SMILES string of the molecule is CC1(C)c2ccccc2-c2ccc(N(c3ccc(-c4ccccc4)cc3)c3ccc(-n4ccc5ccc6c7ccccc7n(-c7ccccc7)c6c54)cc3)cc21. The van der Waals surface area contributed by atoms with Crippen LogP contribution in [0.5, 0.6) is 0 Å². The van der Waals surface area contributed by atoms with Gasteiger partial charge in [0.2, 0.25) is 0 Å². The van der Waals surface area contributed by atoms with Crippen LogP contribution in [-0.2, 0) is 5.41 Å². The van der Waals surface area contributed by atoms with Gasteiger partial charge in [-0.3, -0.25) is 0 Å². The van der Waals surface area contributed by atoms with E-state index < -0.39 is 0 Å². The first-order chi connectivity index (χ1) is 27.5. The Hall–Kier alpha value is -7.10. The van der Waals surface area contributed by atoms with Crippen molar-refractivity contribution >= 4 is 49.8 Å². The third-order valence-corrected chi connectivity index (χ3v) is 11.9. The molecule has 2 heterocycles. The van der Waals surface area contributed by atoms with Crippen molar-refractivity contribution in [3.8, 4) is 33.6 Å². The molecule has 266 valence electrons. The highest BCUT2D eigenvalue weighted by Crippen LogP contribution is 2.50. The summed E-state index contributed by atoms with van der Waals surface area (Å²) in [4.78, 5) is 2.40. The van der Waals surface area contributed by atoms with Crippen molar-refractivity contribution in [2.24, 2.45) is 0 Å². The van der Waals surface area contributed by atoms with E-state index in [1.807, 2.05) is 0 Å². The minimum Gasteiger partial charge on any atom is -0.315 e. The lowest BCUT2D eigenvalue weighted by Gasteiger charge is -2.28. The summed E-state index contributed by atoms with van der Waals surface area (Å²) in [6, 6.07) is 70.8. The van der Waals surface area contributed by atoms with E-state index in [4.69, 9.17) is 0 Å². The maximum atomic E-state index is 2.42. The Kier molecular flexibility index (Phi) is 7.20. The zero-order valence-corrected chi connectivity index (χ0v) is 31.4. The smallest absolute Gasteiger partial charge is 0.0788 e. The number of anilines is 3. The summed E-state index contributed by atoms with van der Waals surface area (Å²) < 4.78 is 4.78. The van der Waals surface area contributed by atoms with Crippen LogP contribution in [0.4, 0.5) is 17.1 Å². The topological polar surface area (TPSA) is 13.1 Å². The third kappa shape index (κ3) is 4.91. The molecule has 0 saturated heterocycles. The van der Waals surface area contributed by atoms with E-state index in [2.05, 4.69) is 228 Å². The largest absolute Gasteiger partial charge is 0.315 e. The van der Waals surface area contributed by atoms with Gasteiger partial charge in [-0.25, -0.2) is 0 Å². The van der Waals surface area contributed by atoms with Crippen LogP contribution in [0.15, 0.2) is 200 Å². The van der Waals surface area contributed by atoms with Crippen molar-refractivity contribution < 1.29 is 0 Å². The van der Waals surface area contributed by atoms with Crippen molar-refractivity contribution in [1.29, 1.82) is 0 Å². The summed E-state index contributed by atoms with van der Waals surface area (Å²) in [7, 11) is 0. The first-order valence-electron chi connectivity index (χ1n) is 19.4. The second-order valence-corrected chi connectivity index (χ2v) is 15.4. The molecule has 1 aliphatic carbocycles. The number of nitrogens with zero attached hydrogens (tertiary/aromatic N) is 3. The molecule has 10 aromatic rings. The van der Waals surface area contributed by atoms with Crippen LogP contribution in [0, 0.1) is 0 Å². The second-order valence-electron chi connectivity index (χ2n) is 15.4. The number of aromatic nitrogens is 2. The number of rotatable bonds is 6. The van der Waals surface area contributed by atoms with Gasteiger partial charge in [-0.2, -0.15) is 0 Å². The predicted octanol–water partition coefficient (Wildman–Crippen LogP) is 14.2. The van der Waals surface area contributed by atoms with Crippen molar-refractivity contribution in [3.63, 3.8) is 0 Å². The number of fused-ring (bicyclic) bond motifs is 8. The minimum atomic E-state index is -0.0995. The van der Waals surface area contributed by atoms with Crippen LogP contribution >= 0.6 is 0 Å². The van der Waals surface area contributed by atoms with Crippen molar-refractivity contribution in [3.05, 3.63) is 211 Å². The Bertz CT molecular complexity index is 3080. The van der Waals surface area contributed by atoms with Gasteiger partial charge in [0.05, 0.1) is 16.6 Å². The quantitative estimate of drug-likeness (QED) is 0.167. The van der Waals surface area contributed by atoms with Crippen LogP contribution in [0.1, 0.15) is 25.0 Å². The summed E-state index contributed by atoms with van der Waals surface area (Å²) in [5.41, 5.74) is 17.0. The van der Waals surface area contributed by atoms with Crippen LogP contribution < -0.4 is 4.90 Å². The fourth-order valence-corrected chi connectivity index (χ4v) is 9.21. The summed E-state index contributed by atoms with van der Waals surface area (Å²) >= 11 is 0. The van der Waals surface area contributed by atoms with Gasteiger partial charge in [-0.15, -0.1) is 0 Å². The first kappa shape index (κ1) is 32.3. The van der Waals surface area contributed by atoms with Gasteiger partial charge in [0.15, 0.2) is 0 Å². The summed E-state index contributed by atoms with van der Waals surface area (Å²) in [5, 5.41) is 3.72. The molecule has 0 atom stereocenters. The number of hydrogen-bond acceptors (Lipinski definition) is 1. The molecular formula is C53H39N3. The van der Waals surface area contributed by atoms with Gasteiger partial charge in [0.1, 0.15) is 0 Å². The van der Waals surface area contributed by atoms with E-state index in [1.54, 1.807) is 0 Å². The fourth-order valence-electron chi connectivity index (χ4n) is 9.21. The molecule has 0 amide bonds. The molecule has 0 N–H and O–H groups in total. The zero-order valence-electron chi connectivity index (χ0n) is 31.4. The molecule has 0 fully saturated rings. The molecule has 8 aromatic carbocycles. The molecule has 0 radical (unpaired) electrons. The molecule has 0 spiro atoms. The lowest BCUT2D eigenvalue weighted by atomic mass is 9.82. The number of para-hydroxylation sites is 2. The zero-order chi connectivity index (χ0) is 37.4. The van der Waals surface area contributed by atoms with Crippen LogP contribution in [0.3, 0.4) is 0 Å². The maximum Gasteiger partial charge on any atom is 0.0788 e. The lowest BCUT2D eigenvalue weighted by molar-refractivity contribution is 0.660. The normalized spacial score (nSPS) is 13.0. The minimum absolute atomic E-state index is 0.0995. The van der Waals surface area contributed by atoms with Crippen molar-refractivity contribution in [2.75, 3.05) is 4.90 Å². The van der Waals surface area contributed by atoms with Gasteiger partial charge in [0, 0.05) is 56.2 Å². The van der Waals surface area contributed by atoms with Gasteiger partial charge >= 0.3 is 0 Å². The lowest BCUT2D eigenvalue weighted by Crippen LogP contribution is -2.16. The Balaban J connectivity index is 1.06. The highest BCUT2D eigenvalue weighted by atomic mass is 15.1. The van der Waals surface area contributed by atoms with Gasteiger partial charge in [-0.1, -0.05) is 135 Å². The van der Waals surface area contributed by atoms with Crippen LogP contribution in [-0.4, -0.2) is 9.13 Å². The summed E-state index contributed by atoms with van der Waals surface area (Å²) in [6.45, 7) is 4.70. The van der Waals surface area contributed by atoms with Gasteiger partial charge in [0.25, 0.3) is 0 Å². The van der Waals surface area contributed by atoms with E-state index in [9.17, 15) is 0 Å². The van der Waals surface area contributed by atoms with E-state index >= 15 is 0 Å². The van der Waals surface area contributed by atoms with E-state index in [0.29, 0.717) is 0 Å². The molecule has 1 aliphatic rings. The molecule has 0 unspecified atom stereocenters. The Morgan fingerprint density at radius 3 is 1.84 bits per heavy atom. The van der Waals surface area contributed by atoms with Crippen LogP contribution in [0.2, 0.25) is 0 Å². The molecule has 2 aromatic heterocycles. The van der Waals surface area contributed by atoms with E-state index in [-0.39, 0.29) is 5.41 Å². The average Bonchev–Trinajstić information content (AvgIpc) is 3.91. The maximum absolute atomic E-state index is 2.42. The molecule has 0 saturated carbocycles. The molecule has 3 heteroatoms. The average molecular weight is 718 g/mol. The molecule has 3 nitrogen and oxygen atoms in total. The Labute approximate surface area is 327 Å². The molecule has 56 heavy (non-hydrogen) atoms. The summed E-state index contributed by atoms with van der Waals surface area (Å²) in [5.74, 6) is 0. The van der Waals surface area contributed by atoms with E-state index in [0.717, 1.165) is 28.4 Å². The highest BCUT2D eigenvalue weighted by Gasteiger charge is 2.35. The monoisotopic (exact) mass is 717 g/mol. The molecule has 11 rings (SSSR count). The summed E-state index contributed by atoms with van der Waals surface area (Å²) in [6.07, 6.45) is 2.21. The van der Waals surface area contributed by atoms with Crippen molar-refractivity contribution in [2.45, 2.75) is 19.3 Å². The molecule has 0 aliphatic heterocycles. The molecule has 0 bridgehead atoms. The Morgan fingerprint density at radius 2 is 1.05 bits per heavy atom. The van der Waals surface area contributed by atoms with E-state index in [1.165, 1.54) is 66.1 Å². The van der Waals surface area contributed by atoms with Crippen LogP contribution in [0.25, 0.3) is 66.3 Å². The third-order valence-electron chi connectivity index (χ3n) is 11.9. The fraction of sp³-hybridized carbons (Fsp3) is 0.0566. The standard InChI is InChI=1S/C53H39N3/c1-53(2)48-19-11-9-17-44(48)45-32-30-43(35-49(45)53)55(41-24-21-37(22-25-41)36-13-5-3-6-14-36)42-28-26-39(27-29-42)54-34-33-38-23-31-47-46-18-10-12-20-50(46)56(52(47)51(38)54)40-15-7-4-8-16-40/h3-35H,1-2H3. The first-order valence-corrected chi connectivity index (χ1v) is 19.4. The number of hydrogen-bond donors (Lipinski definition) is 0. The highest BCUT2D eigenvalue weighted by molar-refractivity contribution is 6.18. The van der Waals surface area contributed by atoms with Crippen molar-refractivity contribution in [1.82, 2.24) is 9.13 Å². The molecular weight excluding hydrogens is 679 g/mol. The Morgan fingerprint density at radius 1 is 0.429 bits per heavy atom. The van der Waals surface area contributed by atoms with Gasteiger partial charge in [-0.05, 0) is 106 Å². The predicted molar refractivity (Wildman–Crippen MR) is 235 cm³/mol. The number of benzene rings is 8. The van der Waals surface area contributed by atoms with Gasteiger partial charge < -0.3 is 14.0 Å².